The molecule has 0 saturated heterocycles. The predicted octanol–water partition coefficient (Wildman–Crippen LogP) is 3.38. The van der Waals surface area contributed by atoms with Crippen molar-refractivity contribution in [2.45, 2.75) is 19.8 Å². The average molecular weight is 521 g/mol. The number of H-pyrrole nitrogens is 1. The van der Waals surface area contributed by atoms with Crippen molar-refractivity contribution in [1.82, 2.24) is 20.0 Å². The maximum Gasteiger partial charge on any atom is 0.278 e. The zero-order chi connectivity index (χ0) is 26.4. The number of carbonyl (C=O) groups is 3. The molecule has 12 heteroatoms. The summed E-state index contributed by atoms with van der Waals surface area (Å²) >= 11 is 6.31. The Bertz CT molecular complexity index is 1570. The molecule has 0 bridgehead atoms. The van der Waals surface area contributed by atoms with Crippen molar-refractivity contribution in [2.75, 3.05) is 33.7 Å². The van der Waals surface area contributed by atoms with E-state index in [1.165, 1.54) is 17.7 Å². The van der Waals surface area contributed by atoms with Crippen LogP contribution in [0.4, 0.5) is 23.0 Å². The van der Waals surface area contributed by atoms with E-state index < -0.39 is 5.91 Å². The highest BCUT2D eigenvalue weighted by Crippen LogP contribution is 2.44. The van der Waals surface area contributed by atoms with Gasteiger partial charge in [-0.1, -0.05) is 24.3 Å². The van der Waals surface area contributed by atoms with Crippen LogP contribution in [0.25, 0.3) is 10.8 Å². The largest absolute Gasteiger partial charge is 0.398 e. The van der Waals surface area contributed by atoms with Gasteiger partial charge in [0.25, 0.3) is 11.8 Å². The summed E-state index contributed by atoms with van der Waals surface area (Å²) in [6.07, 6.45) is 0. The summed E-state index contributed by atoms with van der Waals surface area (Å²) in [5.74, 6) is -0.247. The van der Waals surface area contributed by atoms with Gasteiger partial charge >= 0.3 is 0 Å². The molecule has 5 N–H and O–H groups in total. The molecule has 11 nitrogen and oxygen atoms in total. The minimum absolute atomic E-state index is 0.0600. The SMILES string of the molecule is CC(=O)Nc1n[nH]c(C(=O)Nc2cc(C(=O)N3CC(CCl)c4c3cc(N)c3ccccc43)nn2C)c1C. The highest BCUT2D eigenvalue weighted by atomic mass is 35.5. The van der Waals surface area contributed by atoms with Crippen LogP contribution < -0.4 is 21.3 Å². The number of aromatic nitrogens is 4. The van der Waals surface area contributed by atoms with Gasteiger partial charge in [0.1, 0.15) is 11.5 Å². The van der Waals surface area contributed by atoms with Crippen molar-refractivity contribution in [3.63, 3.8) is 0 Å². The van der Waals surface area contributed by atoms with E-state index in [4.69, 9.17) is 17.3 Å². The van der Waals surface area contributed by atoms with Crippen molar-refractivity contribution in [2.24, 2.45) is 7.05 Å². The number of nitrogens with zero attached hydrogens (tertiary/aromatic N) is 4. The van der Waals surface area contributed by atoms with Gasteiger partial charge in [0.2, 0.25) is 5.91 Å². The lowest BCUT2D eigenvalue weighted by Crippen LogP contribution is -2.30. The number of hydrogen-bond donors (Lipinski definition) is 4. The van der Waals surface area contributed by atoms with Crippen LogP contribution in [-0.4, -0.2) is 50.1 Å². The first-order valence-electron chi connectivity index (χ1n) is 11.6. The first-order valence-corrected chi connectivity index (χ1v) is 12.1. The van der Waals surface area contributed by atoms with Crippen LogP contribution in [0.2, 0.25) is 0 Å². The van der Waals surface area contributed by atoms with E-state index in [0.717, 1.165) is 16.3 Å². The predicted molar refractivity (Wildman–Crippen MR) is 142 cm³/mol. The number of nitrogen functional groups attached to an aromatic ring is 1. The number of nitrogens with two attached hydrogens (primary N) is 1. The van der Waals surface area contributed by atoms with Crippen molar-refractivity contribution < 1.29 is 14.4 Å². The second-order valence-corrected chi connectivity index (χ2v) is 9.27. The highest BCUT2D eigenvalue weighted by molar-refractivity contribution is 6.19. The van der Waals surface area contributed by atoms with Crippen molar-refractivity contribution in [1.29, 1.82) is 0 Å². The fourth-order valence-corrected chi connectivity index (χ4v) is 4.96. The summed E-state index contributed by atoms with van der Waals surface area (Å²) in [6, 6.07) is 11.1. The smallest absolute Gasteiger partial charge is 0.278 e. The fourth-order valence-electron chi connectivity index (χ4n) is 4.70. The molecule has 3 amide bonds. The van der Waals surface area contributed by atoms with E-state index in [1.54, 1.807) is 24.9 Å². The molecule has 0 aliphatic carbocycles. The van der Waals surface area contributed by atoms with Crippen molar-refractivity contribution >= 4 is 63.1 Å². The van der Waals surface area contributed by atoms with Gasteiger partial charge in [-0.15, -0.1) is 11.6 Å². The molecule has 2 aromatic heterocycles. The number of aryl methyl sites for hydroxylation is 1. The minimum Gasteiger partial charge on any atom is -0.398 e. The van der Waals surface area contributed by atoms with Crippen LogP contribution >= 0.6 is 11.6 Å². The normalized spacial score (nSPS) is 14.6. The number of hydrogen-bond acceptors (Lipinski definition) is 6. The molecule has 4 aromatic rings. The van der Waals surface area contributed by atoms with Gasteiger partial charge in [-0.05, 0) is 23.9 Å². The number of rotatable bonds is 5. The molecule has 190 valence electrons. The third-order valence-electron chi connectivity index (χ3n) is 6.50. The lowest BCUT2D eigenvalue weighted by Gasteiger charge is -2.17. The zero-order valence-corrected chi connectivity index (χ0v) is 21.2. The summed E-state index contributed by atoms with van der Waals surface area (Å²) in [6.45, 7) is 3.41. The van der Waals surface area contributed by atoms with E-state index in [0.29, 0.717) is 35.2 Å². The van der Waals surface area contributed by atoms with Gasteiger partial charge in [0.05, 0.1) is 5.69 Å². The van der Waals surface area contributed by atoms with E-state index in [9.17, 15) is 14.4 Å². The molecule has 0 radical (unpaired) electrons. The molecule has 0 spiro atoms. The molecular weight excluding hydrogens is 496 g/mol. The second-order valence-electron chi connectivity index (χ2n) is 8.96. The summed E-state index contributed by atoms with van der Waals surface area (Å²) in [5.41, 5.74) is 9.42. The lowest BCUT2D eigenvalue weighted by atomic mass is 9.95. The second kappa shape index (κ2) is 9.25. The number of anilines is 4. The van der Waals surface area contributed by atoms with Gasteiger partial charge in [-0.25, -0.2) is 0 Å². The molecule has 1 aliphatic rings. The summed E-state index contributed by atoms with van der Waals surface area (Å²) in [7, 11) is 1.62. The van der Waals surface area contributed by atoms with Crippen LogP contribution in [0.5, 0.6) is 0 Å². The number of aromatic amines is 1. The maximum atomic E-state index is 13.6. The Kier molecular flexibility index (Phi) is 6.08. The van der Waals surface area contributed by atoms with Gasteiger partial charge in [-0.2, -0.15) is 10.2 Å². The monoisotopic (exact) mass is 520 g/mol. The van der Waals surface area contributed by atoms with Crippen molar-refractivity contribution in [3.05, 3.63) is 58.9 Å². The van der Waals surface area contributed by atoms with Crippen LogP contribution in [-0.2, 0) is 11.8 Å². The maximum absolute atomic E-state index is 13.6. The van der Waals surface area contributed by atoms with Gasteiger partial charge in [0, 0.05) is 55.0 Å². The number of halogens is 1. The topological polar surface area (TPSA) is 151 Å². The van der Waals surface area contributed by atoms with Gasteiger partial charge < -0.3 is 21.3 Å². The van der Waals surface area contributed by atoms with Crippen LogP contribution in [0.15, 0.2) is 36.4 Å². The Labute approximate surface area is 216 Å². The number of fused-ring (bicyclic) bond motifs is 3. The molecule has 3 heterocycles. The van der Waals surface area contributed by atoms with E-state index in [-0.39, 0.29) is 34.9 Å². The first kappa shape index (κ1) is 24.3. The lowest BCUT2D eigenvalue weighted by molar-refractivity contribution is -0.114. The molecule has 2 aromatic carbocycles. The summed E-state index contributed by atoms with van der Waals surface area (Å²) < 4.78 is 1.41. The Morgan fingerprint density at radius 3 is 2.62 bits per heavy atom. The summed E-state index contributed by atoms with van der Waals surface area (Å²) in [4.78, 5) is 39.4. The van der Waals surface area contributed by atoms with E-state index in [2.05, 4.69) is 25.9 Å². The fraction of sp³-hybridized carbons (Fsp3) is 0.240. The Hall–Kier alpha value is -4.38. The van der Waals surface area contributed by atoms with E-state index in [1.807, 2.05) is 24.3 Å². The van der Waals surface area contributed by atoms with Crippen LogP contribution in [0.3, 0.4) is 0 Å². The number of carbonyl (C=O) groups excluding carboxylic acids is 3. The van der Waals surface area contributed by atoms with E-state index >= 15 is 0 Å². The molecule has 1 unspecified atom stereocenters. The number of benzene rings is 2. The summed E-state index contributed by atoms with van der Waals surface area (Å²) in [5, 5.41) is 18.1. The highest BCUT2D eigenvalue weighted by Gasteiger charge is 2.35. The molecule has 1 atom stereocenters. The van der Waals surface area contributed by atoms with Crippen LogP contribution in [0, 0.1) is 6.92 Å². The Morgan fingerprint density at radius 2 is 1.92 bits per heavy atom. The average Bonchev–Trinajstić information content (AvgIpc) is 3.54. The molecule has 37 heavy (non-hydrogen) atoms. The molecular formula is C25H25ClN8O3. The number of amides is 3. The first-order chi connectivity index (χ1) is 17.7. The number of nitrogens with one attached hydrogen (secondary N) is 3. The molecule has 0 fully saturated rings. The third-order valence-corrected chi connectivity index (χ3v) is 6.87. The van der Waals surface area contributed by atoms with Gasteiger partial charge in [0.15, 0.2) is 11.5 Å². The standard InChI is InChI=1S/C25H25ClN8O3/c1-12-22(30-31-23(12)28-13(2)35)24(36)29-20-9-18(32-33(20)3)25(37)34-11-14(10-26)21-16-7-5-4-6-15(16)17(27)8-19(21)34/h4-9,14H,10-11,27H2,1-3H3,(H,29,36)(H2,28,30,31,35). The number of alkyl halides is 1. The Morgan fingerprint density at radius 1 is 1.19 bits per heavy atom. The van der Waals surface area contributed by atoms with Crippen molar-refractivity contribution in [3.8, 4) is 0 Å². The zero-order valence-electron chi connectivity index (χ0n) is 20.4. The quantitative estimate of drug-likeness (QED) is 0.234. The van der Waals surface area contributed by atoms with Crippen LogP contribution in [0.1, 0.15) is 44.9 Å². The third kappa shape index (κ3) is 4.16. The molecule has 0 saturated carbocycles. The van der Waals surface area contributed by atoms with Gasteiger partial charge in [-0.3, -0.25) is 24.2 Å². The minimum atomic E-state index is -0.489. The molecule has 1 aliphatic heterocycles. The molecule has 5 rings (SSSR count). The Balaban J connectivity index is 1.43.